The number of carboxylic acids is 2. The molecule has 107 valence electrons. The second-order valence-corrected chi connectivity index (χ2v) is 3.64. The van der Waals surface area contributed by atoms with Crippen LogP contribution in [0, 0.1) is 0 Å². The Balaban J connectivity index is 0.000000364. The van der Waals surface area contributed by atoms with Gasteiger partial charge in [-0.15, -0.1) is 0 Å². The van der Waals surface area contributed by atoms with Crippen LogP contribution in [0.15, 0.2) is 48.5 Å². The first-order valence-electron chi connectivity index (χ1n) is 5.46. The molecule has 0 aliphatic heterocycles. The Hall–Kier alpha value is -2.96. The highest BCUT2D eigenvalue weighted by Gasteiger charge is 2.06. The van der Waals surface area contributed by atoms with E-state index in [1.807, 2.05) is 0 Å². The average molecular weight is 287 g/mol. The molecule has 3 radical (unpaired) electrons. The SMILES string of the molecule is O=C(O)c1ccccc1O.O=C(O)c1ccccc1O.[B]. The number of carboxylic acid groups (broad SMARTS) is 2. The second-order valence-electron chi connectivity index (χ2n) is 3.64. The summed E-state index contributed by atoms with van der Waals surface area (Å²) in [5.41, 5.74) is -0.134. The van der Waals surface area contributed by atoms with E-state index in [1.54, 1.807) is 24.3 Å². The molecule has 21 heavy (non-hydrogen) atoms. The van der Waals surface area contributed by atoms with Gasteiger partial charge in [0, 0.05) is 8.41 Å². The highest BCUT2D eigenvalue weighted by molar-refractivity contribution is 5.91. The third-order valence-corrected chi connectivity index (χ3v) is 2.27. The molecule has 2 rings (SSSR count). The van der Waals surface area contributed by atoms with Crippen LogP contribution < -0.4 is 0 Å². The molecule has 0 heterocycles. The van der Waals surface area contributed by atoms with Gasteiger partial charge in [-0.3, -0.25) is 0 Å². The molecule has 0 amide bonds. The first kappa shape index (κ1) is 18.0. The van der Waals surface area contributed by atoms with Crippen LogP contribution >= 0.6 is 0 Å². The maximum absolute atomic E-state index is 10.3. The lowest BCUT2D eigenvalue weighted by Gasteiger charge is -1.95. The van der Waals surface area contributed by atoms with Gasteiger partial charge in [0.25, 0.3) is 0 Å². The Morgan fingerprint density at radius 3 is 1.14 bits per heavy atom. The zero-order valence-corrected chi connectivity index (χ0v) is 10.8. The summed E-state index contributed by atoms with van der Waals surface area (Å²) in [7, 11) is 0. The quantitative estimate of drug-likeness (QED) is 0.626. The first-order chi connectivity index (χ1) is 9.43. The number of benzene rings is 2. The van der Waals surface area contributed by atoms with Gasteiger partial charge < -0.3 is 20.4 Å². The number of hydrogen-bond donors (Lipinski definition) is 4. The van der Waals surface area contributed by atoms with Crippen molar-refractivity contribution in [3.8, 4) is 11.5 Å². The number of phenols is 2. The van der Waals surface area contributed by atoms with Crippen molar-refractivity contribution in [2.45, 2.75) is 0 Å². The maximum atomic E-state index is 10.3. The van der Waals surface area contributed by atoms with Crippen LogP contribution in [0.1, 0.15) is 20.7 Å². The Bertz CT molecular complexity index is 571. The molecule has 0 saturated carbocycles. The largest absolute Gasteiger partial charge is 0.507 e. The Morgan fingerprint density at radius 2 is 0.952 bits per heavy atom. The molecule has 2 aromatic rings. The molecule has 0 aliphatic rings. The molecule has 0 unspecified atom stereocenters. The smallest absolute Gasteiger partial charge is 0.339 e. The van der Waals surface area contributed by atoms with Gasteiger partial charge in [-0.05, 0) is 24.3 Å². The van der Waals surface area contributed by atoms with E-state index in [-0.39, 0.29) is 31.0 Å². The van der Waals surface area contributed by atoms with E-state index in [9.17, 15) is 9.59 Å². The topological polar surface area (TPSA) is 115 Å². The number of rotatable bonds is 2. The van der Waals surface area contributed by atoms with E-state index in [1.165, 1.54) is 24.3 Å². The maximum Gasteiger partial charge on any atom is 0.339 e. The summed E-state index contributed by atoms with van der Waals surface area (Å²) in [6.45, 7) is 0. The molecule has 0 aromatic heterocycles. The van der Waals surface area contributed by atoms with E-state index in [0.29, 0.717) is 0 Å². The van der Waals surface area contributed by atoms with Crippen molar-refractivity contribution in [3.63, 3.8) is 0 Å². The third-order valence-electron chi connectivity index (χ3n) is 2.27. The standard InChI is InChI=1S/2C7H6O3.B/c2*8-6-4-2-1-3-5(6)7(9)10;/h2*1-4,8H,(H,9,10);. The van der Waals surface area contributed by atoms with Crippen LogP contribution in [0.4, 0.5) is 0 Å². The van der Waals surface area contributed by atoms with Gasteiger partial charge in [0.05, 0.1) is 0 Å². The molecule has 0 aliphatic carbocycles. The van der Waals surface area contributed by atoms with Crippen LogP contribution in [0.3, 0.4) is 0 Å². The highest BCUT2D eigenvalue weighted by Crippen LogP contribution is 2.15. The number of carbonyl (C=O) groups is 2. The Kier molecular flexibility index (Phi) is 7.10. The Labute approximate surface area is 122 Å². The van der Waals surface area contributed by atoms with Crippen molar-refractivity contribution >= 4 is 20.4 Å². The van der Waals surface area contributed by atoms with Crippen LogP contribution in [-0.2, 0) is 0 Å². The fraction of sp³-hybridized carbons (Fsp3) is 0. The number of para-hydroxylation sites is 2. The van der Waals surface area contributed by atoms with E-state index >= 15 is 0 Å². The summed E-state index contributed by atoms with van der Waals surface area (Å²) in [6, 6.07) is 11.6. The summed E-state index contributed by atoms with van der Waals surface area (Å²) < 4.78 is 0. The van der Waals surface area contributed by atoms with Crippen molar-refractivity contribution in [1.29, 1.82) is 0 Å². The van der Waals surface area contributed by atoms with Crippen LogP contribution in [0.25, 0.3) is 0 Å². The lowest BCUT2D eigenvalue weighted by atomic mass is 10.2. The third kappa shape index (κ3) is 5.27. The molecule has 4 N–H and O–H groups in total. The van der Waals surface area contributed by atoms with Gasteiger partial charge in [0.15, 0.2) is 0 Å². The Morgan fingerprint density at radius 1 is 0.667 bits per heavy atom. The van der Waals surface area contributed by atoms with Crippen molar-refractivity contribution < 1.29 is 30.0 Å². The van der Waals surface area contributed by atoms with Gasteiger partial charge in [-0.2, -0.15) is 0 Å². The normalized spacial score (nSPS) is 8.76. The van der Waals surface area contributed by atoms with E-state index in [0.717, 1.165) is 0 Å². The van der Waals surface area contributed by atoms with Crippen LogP contribution in [-0.4, -0.2) is 40.8 Å². The van der Waals surface area contributed by atoms with Gasteiger partial charge in [-0.25, -0.2) is 9.59 Å². The summed E-state index contributed by atoms with van der Waals surface area (Å²) in [5, 5.41) is 34.6. The molecule has 0 atom stereocenters. The zero-order chi connectivity index (χ0) is 15.1. The summed E-state index contributed by atoms with van der Waals surface area (Å²) in [5.74, 6) is -2.62. The average Bonchev–Trinajstić information content (AvgIpc) is 2.40. The predicted octanol–water partition coefficient (Wildman–Crippen LogP) is 1.80. The van der Waals surface area contributed by atoms with Crippen LogP contribution in [0.5, 0.6) is 11.5 Å². The van der Waals surface area contributed by atoms with Gasteiger partial charge in [0.2, 0.25) is 0 Å². The van der Waals surface area contributed by atoms with Crippen LogP contribution in [0.2, 0.25) is 0 Å². The number of hydrogen-bond acceptors (Lipinski definition) is 4. The molecule has 0 bridgehead atoms. The minimum atomic E-state index is -1.11. The lowest BCUT2D eigenvalue weighted by molar-refractivity contribution is 0.0682. The molecule has 0 fully saturated rings. The summed E-state index contributed by atoms with van der Waals surface area (Å²) in [6.07, 6.45) is 0. The second kappa shape index (κ2) is 8.26. The monoisotopic (exact) mass is 287 g/mol. The van der Waals surface area contributed by atoms with Crippen molar-refractivity contribution in [2.24, 2.45) is 0 Å². The zero-order valence-electron chi connectivity index (χ0n) is 10.8. The number of aromatic carboxylic acids is 2. The molecular formula is C14H12BO6. The fourth-order valence-corrected chi connectivity index (χ4v) is 1.31. The minimum Gasteiger partial charge on any atom is -0.507 e. The van der Waals surface area contributed by atoms with Crippen molar-refractivity contribution in [3.05, 3.63) is 59.7 Å². The molecule has 0 saturated heterocycles. The minimum absolute atomic E-state index is 0. The predicted molar refractivity (Wildman–Crippen MR) is 75.9 cm³/mol. The summed E-state index contributed by atoms with van der Waals surface area (Å²) >= 11 is 0. The molecule has 6 nitrogen and oxygen atoms in total. The molecule has 2 aromatic carbocycles. The first-order valence-corrected chi connectivity index (χ1v) is 5.46. The molecular weight excluding hydrogens is 275 g/mol. The van der Waals surface area contributed by atoms with Gasteiger partial charge in [-0.1, -0.05) is 24.3 Å². The van der Waals surface area contributed by atoms with Gasteiger partial charge in [0.1, 0.15) is 22.6 Å². The molecule has 7 heteroatoms. The molecule has 0 spiro atoms. The lowest BCUT2D eigenvalue weighted by Crippen LogP contribution is -1.95. The fourth-order valence-electron chi connectivity index (χ4n) is 1.31. The van der Waals surface area contributed by atoms with Crippen molar-refractivity contribution in [2.75, 3.05) is 0 Å². The summed E-state index contributed by atoms with van der Waals surface area (Å²) in [4.78, 5) is 20.5. The van der Waals surface area contributed by atoms with E-state index < -0.39 is 11.9 Å². The van der Waals surface area contributed by atoms with Gasteiger partial charge >= 0.3 is 11.9 Å². The van der Waals surface area contributed by atoms with Crippen molar-refractivity contribution in [1.82, 2.24) is 0 Å². The number of aromatic hydroxyl groups is 2. The highest BCUT2D eigenvalue weighted by atomic mass is 16.4. The van der Waals surface area contributed by atoms with E-state index in [2.05, 4.69) is 0 Å². The van der Waals surface area contributed by atoms with E-state index in [4.69, 9.17) is 20.4 Å².